The second-order valence-electron chi connectivity index (χ2n) is 4.82. The van der Waals surface area contributed by atoms with Crippen LogP contribution in [0.2, 0.25) is 0 Å². The summed E-state index contributed by atoms with van der Waals surface area (Å²) in [4.78, 5) is 13.1. The molecule has 0 spiro atoms. The number of nitrogens with one attached hydrogen (secondary N) is 1. The zero-order valence-corrected chi connectivity index (χ0v) is 16.1. The van der Waals surface area contributed by atoms with Crippen LogP contribution in [-0.2, 0) is 13.1 Å². The van der Waals surface area contributed by atoms with Gasteiger partial charge in [-0.15, -0.1) is 17.9 Å². The highest BCUT2D eigenvalue weighted by Gasteiger charge is 2.15. The van der Waals surface area contributed by atoms with Gasteiger partial charge in [-0.05, 0) is 40.2 Å². The SMILES string of the molecule is C=CCn1c(=N)n(CC(=O)c2ccc(Br)s2)c2ccccc21.[Br-]. The van der Waals surface area contributed by atoms with Crippen molar-refractivity contribution < 1.29 is 21.8 Å². The third kappa shape index (κ3) is 3.41. The zero-order chi connectivity index (χ0) is 15.7. The number of rotatable bonds is 5. The number of nitrogens with zero attached hydrogens (tertiary/aromatic N) is 2. The fraction of sp³-hybridized carbons (Fsp3) is 0.125. The molecule has 0 unspecified atom stereocenters. The van der Waals surface area contributed by atoms with Crippen LogP contribution in [0.15, 0.2) is 52.8 Å². The van der Waals surface area contributed by atoms with E-state index in [0.717, 1.165) is 14.8 Å². The van der Waals surface area contributed by atoms with Gasteiger partial charge >= 0.3 is 0 Å². The van der Waals surface area contributed by atoms with Crippen molar-refractivity contribution in [1.82, 2.24) is 9.13 Å². The number of allylic oxidation sites excluding steroid dienone is 1. The van der Waals surface area contributed by atoms with Crippen molar-refractivity contribution in [2.75, 3.05) is 0 Å². The lowest BCUT2D eigenvalue weighted by Crippen LogP contribution is -3.00. The minimum absolute atomic E-state index is 0. The van der Waals surface area contributed by atoms with Crippen LogP contribution in [0.5, 0.6) is 0 Å². The molecule has 0 aliphatic rings. The number of para-hydroxylation sites is 2. The van der Waals surface area contributed by atoms with E-state index in [4.69, 9.17) is 5.41 Å². The molecule has 2 aromatic heterocycles. The van der Waals surface area contributed by atoms with Gasteiger partial charge in [0.2, 0.25) is 5.62 Å². The Balaban J connectivity index is 0.00000192. The molecular weight excluding hydrogens is 442 g/mol. The quantitative estimate of drug-likeness (QED) is 0.449. The molecule has 23 heavy (non-hydrogen) atoms. The Bertz CT molecular complexity index is 923. The molecule has 1 N–H and O–H groups in total. The van der Waals surface area contributed by atoms with Crippen molar-refractivity contribution in [2.45, 2.75) is 13.1 Å². The van der Waals surface area contributed by atoms with Crippen LogP contribution in [-0.4, -0.2) is 14.9 Å². The van der Waals surface area contributed by atoms with Crippen LogP contribution in [0, 0.1) is 5.41 Å². The molecule has 0 saturated heterocycles. The highest BCUT2D eigenvalue weighted by Crippen LogP contribution is 2.23. The van der Waals surface area contributed by atoms with E-state index >= 15 is 0 Å². The van der Waals surface area contributed by atoms with Gasteiger partial charge in [-0.25, -0.2) is 0 Å². The van der Waals surface area contributed by atoms with Gasteiger partial charge in [0.1, 0.15) is 0 Å². The molecule has 1 aromatic carbocycles. The summed E-state index contributed by atoms with van der Waals surface area (Å²) in [6, 6.07) is 11.4. The summed E-state index contributed by atoms with van der Waals surface area (Å²) < 4.78 is 4.52. The topological polar surface area (TPSA) is 50.8 Å². The Morgan fingerprint density at radius 2 is 1.87 bits per heavy atom. The molecule has 0 radical (unpaired) electrons. The average molecular weight is 456 g/mol. The van der Waals surface area contributed by atoms with Gasteiger partial charge in [0.25, 0.3) is 0 Å². The van der Waals surface area contributed by atoms with Gasteiger partial charge in [-0.1, -0.05) is 18.2 Å². The number of hydrogen-bond acceptors (Lipinski definition) is 3. The summed E-state index contributed by atoms with van der Waals surface area (Å²) >= 11 is 4.79. The first-order chi connectivity index (χ1) is 10.6. The lowest BCUT2D eigenvalue weighted by molar-refractivity contribution is -0.0000124. The van der Waals surface area contributed by atoms with Crippen LogP contribution in [0.25, 0.3) is 11.0 Å². The Morgan fingerprint density at radius 1 is 1.22 bits per heavy atom. The fourth-order valence-corrected chi connectivity index (χ4v) is 3.77. The van der Waals surface area contributed by atoms with Gasteiger partial charge < -0.3 is 26.1 Å². The third-order valence-corrected chi connectivity index (χ3v) is 5.10. The number of Topliss-reactive ketones (excluding diaryl/α,β-unsaturated/α-hetero) is 1. The Morgan fingerprint density at radius 3 is 2.43 bits per heavy atom. The number of carbonyl (C=O) groups excluding carboxylic acids is 1. The van der Waals surface area contributed by atoms with Crippen LogP contribution in [0.3, 0.4) is 0 Å². The summed E-state index contributed by atoms with van der Waals surface area (Å²) in [6.07, 6.45) is 1.76. The van der Waals surface area contributed by atoms with E-state index in [2.05, 4.69) is 22.5 Å². The Labute approximate surface area is 156 Å². The van der Waals surface area contributed by atoms with Gasteiger partial charge in [-0.3, -0.25) is 10.2 Å². The summed E-state index contributed by atoms with van der Waals surface area (Å²) in [5.74, 6) is 0.00991. The molecular formula is C16H14Br2N3OS-. The van der Waals surface area contributed by atoms with E-state index in [1.165, 1.54) is 11.3 Å². The number of ketones is 1. The van der Waals surface area contributed by atoms with E-state index in [-0.39, 0.29) is 29.3 Å². The molecule has 120 valence electrons. The standard InChI is InChI=1S/C16H14BrN3OS.BrH/c1-2-9-19-11-5-3-4-6-12(11)20(16(19)18)10-13(21)14-7-8-15(17)22-14;/h2-8,18H,1,9-10H2;1H/p-1. The third-order valence-electron chi connectivity index (χ3n) is 3.44. The summed E-state index contributed by atoms with van der Waals surface area (Å²) in [6.45, 7) is 4.45. The first-order valence-electron chi connectivity index (χ1n) is 6.74. The van der Waals surface area contributed by atoms with Crippen molar-refractivity contribution in [3.05, 3.63) is 63.3 Å². The number of carbonyl (C=O) groups is 1. The van der Waals surface area contributed by atoms with Crippen LogP contribution in [0.4, 0.5) is 0 Å². The number of fused-ring (bicyclic) bond motifs is 1. The molecule has 0 fully saturated rings. The largest absolute Gasteiger partial charge is 1.00 e. The van der Waals surface area contributed by atoms with Gasteiger partial charge in [0.05, 0.1) is 26.2 Å². The fourth-order valence-electron chi connectivity index (χ4n) is 2.45. The van der Waals surface area contributed by atoms with Gasteiger partial charge in [0.15, 0.2) is 5.78 Å². The molecule has 3 rings (SSSR count). The molecule has 3 aromatic rings. The lowest BCUT2D eigenvalue weighted by atomic mass is 10.3. The van der Waals surface area contributed by atoms with Crippen molar-refractivity contribution in [2.24, 2.45) is 0 Å². The molecule has 0 aliphatic heterocycles. The van der Waals surface area contributed by atoms with Crippen molar-refractivity contribution >= 4 is 44.1 Å². The Kier molecular flexibility index (Phi) is 5.78. The molecule has 0 aliphatic carbocycles. The van der Waals surface area contributed by atoms with Crippen molar-refractivity contribution in [3.8, 4) is 0 Å². The predicted octanol–water partition coefficient (Wildman–Crippen LogP) is 0.819. The van der Waals surface area contributed by atoms with E-state index < -0.39 is 0 Å². The highest BCUT2D eigenvalue weighted by atomic mass is 79.9. The smallest absolute Gasteiger partial charge is 0.203 e. The predicted molar refractivity (Wildman–Crippen MR) is 92.3 cm³/mol. The van der Waals surface area contributed by atoms with Gasteiger partial charge in [-0.2, -0.15) is 0 Å². The number of hydrogen-bond donors (Lipinski definition) is 1. The maximum atomic E-state index is 12.4. The first kappa shape index (κ1) is 17.9. The minimum Gasteiger partial charge on any atom is -1.00 e. The molecule has 0 atom stereocenters. The highest BCUT2D eigenvalue weighted by molar-refractivity contribution is 9.11. The van der Waals surface area contributed by atoms with Crippen LogP contribution >= 0.6 is 27.3 Å². The average Bonchev–Trinajstić information content (AvgIpc) is 3.05. The molecule has 0 bridgehead atoms. The lowest BCUT2D eigenvalue weighted by Gasteiger charge is -2.02. The molecule has 0 saturated carbocycles. The van der Waals surface area contributed by atoms with E-state index in [0.29, 0.717) is 17.0 Å². The van der Waals surface area contributed by atoms with Crippen LogP contribution in [0.1, 0.15) is 9.67 Å². The van der Waals surface area contributed by atoms with Crippen molar-refractivity contribution in [1.29, 1.82) is 5.41 Å². The monoisotopic (exact) mass is 454 g/mol. The maximum absolute atomic E-state index is 12.4. The number of benzene rings is 1. The first-order valence-corrected chi connectivity index (χ1v) is 8.35. The second-order valence-corrected chi connectivity index (χ2v) is 7.29. The van der Waals surface area contributed by atoms with E-state index in [1.54, 1.807) is 10.6 Å². The maximum Gasteiger partial charge on any atom is 0.203 e. The molecule has 0 amide bonds. The van der Waals surface area contributed by atoms with Crippen molar-refractivity contribution in [3.63, 3.8) is 0 Å². The number of thiophene rings is 1. The summed E-state index contributed by atoms with van der Waals surface area (Å²) in [7, 11) is 0. The summed E-state index contributed by atoms with van der Waals surface area (Å²) in [5.41, 5.74) is 2.14. The normalized spacial score (nSPS) is 10.5. The molecule has 2 heterocycles. The second kappa shape index (κ2) is 7.42. The Hall–Kier alpha value is -1.44. The van der Waals surface area contributed by atoms with E-state index in [9.17, 15) is 4.79 Å². The van der Waals surface area contributed by atoms with Gasteiger partial charge in [0, 0.05) is 6.54 Å². The summed E-state index contributed by atoms with van der Waals surface area (Å²) in [5, 5.41) is 8.36. The minimum atomic E-state index is 0. The number of imidazole rings is 1. The number of halogens is 2. The molecule has 7 heteroatoms. The number of aromatic nitrogens is 2. The zero-order valence-electron chi connectivity index (χ0n) is 12.1. The van der Waals surface area contributed by atoms with E-state index in [1.807, 2.05) is 41.0 Å². The van der Waals surface area contributed by atoms with Crippen LogP contribution < -0.4 is 22.6 Å². The molecule has 4 nitrogen and oxygen atoms in total.